The van der Waals surface area contributed by atoms with Gasteiger partial charge in [-0.3, -0.25) is 0 Å². The summed E-state index contributed by atoms with van der Waals surface area (Å²) in [6, 6.07) is 0. The summed E-state index contributed by atoms with van der Waals surface area (Å²) in [7, 11) is 0. The summed E-state index contributed by atoms with van der Waals surface area (Å²) < 4.78 is 0. The Bertz CT molecular complexity index is 139. The van der Waals surface area contributed by atoms with Gasteiger partial charge in [0.2, 0.25) is 0 Å². The molecule has 0 bridgehead atoms. The van der Waals surface area contributed by atoms with E-state index in [-0.39, 0.29) is 6.10 Å². The Hall–Kier alpha value is 0.310. The van der Waals surface area contributed by atoms with Crippen LogP contribution in [0.15, 0.2) is 0 Å². The van der Waals surface area contributed by atoms with Crippen LogP contribution in [0.25, 0.3) is 0 Å². The monoisotopic (exact) mass is 186 g/mol. The molecule has 0 spiro atoms. The van der Waals surface area contributed by atoms with E-state index < -0.39 is 0 Å². The molecule has 0 aromatic carbocycles. The Morgan fingerprint density at radius 2 is 1.75 bits per heavy atom. The number of rotatable bonds is 2. The summed E-state index contributed by atoms with van der Waals surface area (Å²) in [5.41, 5.74) is 0. The zero-order valence-corrected chi connectivity index (χ0v) is 8.35. The maximum absolute atomic E-state index is 9.97. The van der Waals surface area contributed by atoms with Crippen LogP contribution in [0.3, 0.4) is 0 Å². The lowest BCUT2D eigenvalue weighted by Gasteiger charge is -2.36. The second-order valence-electron chi connectivity index (χ2n) is 4.09. The number of aliphatic hydroxyl groups excluding tert-OH is 1. The summed E-state index contributed by atoms with van der Waals surface area (Å²) in [5, 5.41) is 10.6. The molecular formula is C10H18OS. The van der Waals surface area contributed by atoms with Gasteiger partial charge in [-0.1, -0.05) is 19.3 Å². The van der Waals surface area contributed by atoms with Crippen LogP contribution < -0.4 is 0 Å². The minimum absolute atomic E-state index is 0.0176. The number of hydrogen-bond acceptors (Lipinski definition) is 2. The Morgan fingerprint density at radius 1 is 1.08 bits per heavy atom. The normalized spacial score (nSPS) is 34.2. The Labute approximate surface area is 78.9 Å². The highest BCUT2D eigenvalue weighted by Gasteiger charge is 2.32. The van der Waals surface area contributed by atoms with E-state index in [0.29, 0.717) is 11.2 Å². The van der Waals surface area contributed by atoms with E-state index in [2.05, 4.69) is 0 Å². The Balaban J connectivity index is 1.80. The van der Waals surface area contributed by atoms with Gasteiger partial charge < -0.3 is 5.11 Å². The zero-order valence-electron chi connectivity index (χ0n) is 7.54. The smallest absolute Gasteiger partial charge is 0.0687 e. The standard InChI is InChI=1S/C10H18OS/c11-10(9-6-7-12-9)8-4-2-1-3-5-8/h8-11H,1-7H2. The lowest BCUT2D eigenvalue weighted by atomic mass is 9.83. The molecular weight excluding hydrogens is 168 g/mol. The first-order chi connectivity index (χ1) is 5.88. The van der Waals surface area contributed by atoms with Crippen molar-refractivity contribution in [2.24, 2.45) is 5.92 Å². The average Bonchev–Trinajstić information content (AvgIpc) is 2.03. The zero-order chi connectivity index (χ0) is 8.39. The van der Waals surface area contributed by atoms with E-state index >= 15 is 0 Å². The van der Waals surface area contributed by atoms with Gasteiger partial charge in [0.15, 0.2) is 0 Å². The van der Waals surface area contributed by atoms with E-state index in [1.54, 1.807) is 0 Å². The van der Waals surface area contributed by atoms with Crippen molar-refractivity contribution in [2.75, 3.05) is 5.75 Å². The maximum atomic E-state index is 9.97. The van der Waals surface area contributed by atoms with Crippen LogP contribution in [-0.2, 0) is 0 Å². The minimum atomic E-state index is 0.0176. The quantitative estimate of drug-likeness (QED) is 0.715. The fourth-order valence-electron chi connectivity index (χ4n) is 2.30. The molecule has 1 heterocycles. The molecule has 2 unspecified atom stereocenters. The largest absolute Gasteiger partial charge is 0.392 e. The van der Waals surface area contributed by atoms with Crippen molar-refractivity contribution in [3.63, 3.8) is 0 Å². The summed E-state index contributed by atoms with van der Waals surface area (Å²) in [6.07, 6.45) is 7.90. The van der Waals surface area contributed by atoms with E-state index in [0.717, 1.165) is 0 Å². The topological polar surface area (TPSA) is 20.2 Å². The third-order valence-corrected chi connectivity index (χ3v) is 4.66. The molecule has 2 aliphatic rings. The van der Waals surface area contributed by atoms with Gasteiger partial charge in [0, 0.05) is 5.25 Å². The van der Waals surface area contributed by atoms with Gasteiger partial charge in [0.25, 0.3) is 0 Å². The molecule has 12 heavy (non-hydrogen) atoms. The van der Waals surface area contributed by atoms with Gasteiger partial charge in [-0.05, 0) is 30.9 Å². The molecule has 2 atom stereocenters. The molecule has 1 aliphatic heterocycles. The van der Waals surface area contributed by atoms with Crippen molar-refractivity contribution in [3.8, 4) is 0 Å². The fourth-order valence-corrected chi connectivity index (χ4v) is 3.23. The molecule has 2 rings (SSSR count). The summed E-state index contributed by atoms with van der Waals surface area (Å²) >= 11 is 1.96. The lowest BCUT2D eigenvalue weighted by Crippen LogP contribution is -2.37. The highest BCUT2D eigenvalue weighted by Crippen LogP contribution is 2.37. The van der Waals surface area contributed by atoms with Gasteiger partial charge in [0.1, 0.15) is 0 Å². The van der Waals surface area contributed by atoms with E-state index in [1.165, 1.54) is 44.3 Å². The molecule has 1 saturated carbocycles. The van der Waals surface area contributed by atoms with Gasteiger partial charge in [0.05, 0.1) is 6.10 Å². The van der Waals surface area contributed by atoms with Gasteiger partial charge in [-0.15, -0.1) is 0 Å². The molecule has 0 aromatic heterocycles. The second kappa shape index (κ2) is 4.01. The van der Waals surface area contributed by atoms with Gasteiger partial charge >= 0.3 is 0 Å². The fraction of sp³-hybridized carbons (Fsp3) is 1.00. The second-order valence-corrected chi connectivity index (χ2v) is 5.43. The van der Waals surface area contributed by atoms with Crippen molar-refractivity contribution in [3.05, 3.63) is 0 Å². The third-order valence-electron chi connectivity index (χ3n) is 3.25. The molecule has 0 radical (unpaired) electrons. The summed E-state index contributed by atoms with van der Waals surface area (Å²) in [5.74, 6) is 1.91. The minimum Gasteiger partial charge on any atom is -0.392 e. The van der Waals surface area contributed by atoms with Crippen LogP contribution in [0.5, 0.6) is 0 Å². The molecule has 1 N–H and O–H groups in total. The SMILES string of the molecule is OC(C1CCCCC1)C1CCS1. The van der Waals surface area contributed by atoms with Gasteiger partial charge in [-0.25, -0.2) is 0 Å². The van der Waals surface area contributed by atoms with Crippen LogP contribution in [-0.4, -0.2) is 22.2 Å². The van der Waals surface area contributed by atoms with Crippen molar-refractivity contribution in [2.45, 2.75) is 49.9 Å². The molecule has 0 amide bonds. The van der Waals surface area contributed by atoms with E-state index in [1.807, 2.05) is 11.8 Å². The van der Waals surface area contributed by atoms with Crippen LogP contribution >= 0.6 is 11.8 Å². The van der Waals surface area contributed by atoms with Gasteiger partial charge in [-0.2, -0.15) is 11.8 Å². The molecule has 1 aliphatic carbocycles. The maximum Gasteiger partial charge on any atom is 0.0687 e. The van der Waals surface area contributed by atoms with Crippen molar-refractivity contribution in [1.29, 1.82) is 0 Å². The number of aliphatic hydroxyl groups is 1. The van der Waals surface area contributed by atoms with Crippen LogP contribution in [0.1, 0.15) is 38.5 Å². The molecule has 0 aromatic rings. The van der Waals surface area contributed by atoms with Crippen molar-refractivity contribution in [1.82, 2.24) is 0 Å². The van der Waals surface area contributed by atoms with Crippen LogP contribution in [0.2, 0.25) is 0 Å². The highest BCUT2D eigenvalue weighted by atomic mass is 32.2. The van der Waals surface area contributed by atoms with E-state index in [4.69, 9.17) is 0 Å². The van der Waals surface area contributed by atoms with Crippen molar-refractivity contribution < 1.29 is 5.11 Å². The van der Waals surface area contributed by atoms with E-state index in [9.17, 15) is 5.11 Å². The predicted molar refractivity (Wildman–Crippen MR) is 53.4 cm³/mol. The predicted octanol–water partition coefficient (Wildman–Crippen LogP) is 2.43. The summed E-state index contributed by atoms with van der Waals surface area (Å²) in [6.45, 7) is 0. The molecule has 70 valence electrons. The Kier molecular flexibility index (Phi) is 2.97. The first-order valence-electron chi connectivity index (χ1n) is 5.17. The first-order valence-corrected chi connectivity index (χ1v) is 6.22. The lowest BCUT2D eigenvalue weighted by molar-refractivity contribution is 0.0790. The molecule has 2 heteroatoms. The highest BCUT2D eigenvalue weighted by molar-refractivity contribution is 8.01. The number of hydrogen-bond donors (Lipinski definition) is 1. The molecule has 2 fully saturated rings. The van der Waals surface area contributed by atoms with Crippen molar-refractivity contribution >= 4 is 11.8 Å². The molecule has 1 saturated heterocycles. The Morgan fingerprint density at radius 3 is 2.25 bits per heavy atom. The first kappa shape index (κ1) is 8.89. The van der Waals surface area contributed by atoms with Crippen LogP contribution in [0, 0.1) is 5.92 Å². The summed E-state index contributed by atoms with van der Waals surface area (Å²) in [4.78, 5) is 0. The number of thioether (sulfide) groups is 1. The molecule has 1 nitrogen and oxygen atoms in total. The van der Waals surface area contributed by atoms with Crippen LogP contribution in [0.4, 0.5) is 0 Å². The third kappa shape index (κ3) is 1.80. The average molecular weight is 186 g/mol.